The van der Waals surface area contributed by atoms with Crippen molar-refractivity contribution in [1.82, 2.24) is 0 Å². The van der Waals surface area contributed by atoms with Gasteiger partial charge in [-0.15, -0.1) is 0 Å². The smallest absolute Gasteiger partial charge is 0.0448 e. The van der Waals surface area contributed by atoms with Gasteiger partial charge in [0.05, 0.1) is 0 Å². The lowest BCUT2D eigenvalue weighted by Crippen LogP contribution is -1.85. The predicted octanol–water partition coefficient (Wildman–Crippen LogP) is 9.52. The average Bonchev–Trinajstić information content (AvgIpc) is 2.48. The summed E-state index contributed by atoms with van der Waals surface area (Å²) in [6.45, 7) is 26.3. The standard InChI is InChI=1S/C6H14.C5H12.2C4H10.C3H8/c1-4-6(3)5-2;1-3-5-4-2;1-4(2)3;1-3-4-2;1-3-2/h6H,4-5H2,1-3H3;3-5H2,1-2H3;4H,1-3H3;3-4H2,1-2H3;3H2,1-2H3. The van der Waals surface area contributed by atoms with Crippen LogP contribution < -0.4 is 0 Å². The van der Waals surface area contributed by atoms with Gasteiger partial charge in [-0.1, -0.05) is 134 Å². The molecule has 0 aliphatic heterocycles. The molecule has 0 aliphatic carbocycles. The van der Waals surface area contributed by atoms with Crippen LogP contribution in [0.5, 0.6) is 0 Å². The monoisotopic (exact) mass is 318 g/mol. The van der Waals surface area contributed by atoms with E-state index in [1.54, 1.807) is 0 Å². The maximum absolute atomic E-state index is 2.28. The number of rotatable bonds is 5. The van der Waals surface area contributed by atoms with Gasteiger partial charge in [0.1, 0.15) is 0 Å². The predicted molar refractivity (Wildman–Crippen MR) is 112 cm³/mol. The quantitative estimate of drug-likeness (QED) is 0.473. The van der Waals surface area contributed by atoms with Crippen LogP contribution in [0.25, 0.3) is 0 Å². The van der Waals surface area contributed by atoms with E-state index in [1.807, 2.05) is 0 Å². The highest BCUT2D eigenvalue weighted by molar-refractivity contribution is 4.41. The molecule has 0 fully saturated rings. The molecule has 0 heteroatoms. The number of hydrogen-bond donors (Lipinski definition) is 0. The largest absolute Gasteiger partial charge is 0.0656 e. The third kappa shape index (κ3) is 147. The number of hydrogen-bond acceptors (Lipinski definition) is 0. The van der Waals surface area contributed by atoms with Crippen molar-refractivity contribution in [3.63, 3.8) is 0 Å². The van der Waals surface area contributed by atoms with Gasteiger partial charge in [-0.05, 0) is 11.8 Å². The molecule has 0 aromatic heterocycles. The summed E-state index contributed by atoms with van der Waals surface area (Å²) in [5, 5.41) is 0. The Morgan fingerprint density at radius 3 is 0.727 bits per heavy atom. The van der Waals surface area contributed by atoms with Crippen molar-refractivity contribution in [2.75, 3.05) is 0 Å². The van der Waals surface area contributed by atoms with Crippen molar-refractivity contribution in [3.05, 3.63) is 0 Å². The van der Waals surface area contributed by atoms with Gasteiger partial charge >= 0.3 is 0 Å². The first-order chi connectivity index (χ1) is 10.3. The summed E-state index contributed by atoms with van der Waals surface area (Å²) in [6.07, 6.45) is 10.6. The Morgan fingerprint density at radius 2 is 0.727 bits per heavy atom. The van der Waals surface area contributed by atoms with E-state index in [-0.39, 0.29) is 0 Å². The van der Waals surface area contributed by atoms with Crippen molar-refractivity contribution >= 4 is 0 Å². The Labute approximate surface area is 146 Å². The van der Waals surface area contributed by atoms with Crippen molar-refractivity contribution in [2.24, 2.45) is 11.8 Å². The highest BCUT2D eigenvalue weighted by Crippen LogP contribution is 2.02. The van der Waals surface area contributed by atoms with E-state index >= 15 is 0 Å². The molecule has 0 saturated carbocycles. The van der Waals surface area contributed by atoms with Gasteiger partial charge in [0, 0.05) is 0 Å². The lowest BCUT2D eigenvalue weighted by Gasteiger charge is -1.98. The zero-order chi connectivity index (χ0) is 18.8. The Bertz CT molecular complexity index is 93.9. The molecule has 0 radical (unpaired) electrons. The first-order valence-corrected chi connectivity index (χ1v) is 10.3. The Hall–Kier alpha value is 0. The van der Waals surface area contributed by atoms with Gasteiger partial charge in [0.25, 0.3) is 0 Å². The normalized spacial score (nSPS) is 8.45. The first-order valence-electron chi connectivity index (χ1n) is 10.3. The fraction of sp³-hybridized carbons (Fsp3) is 1.00. The van der Waals surface area contributed by atoms with E-state index < -0.39 is 0 Å². The van der Waals surface area contributed by atoms with Crippen molar-refractivity contribution in [1.29, 1.82) is 0 Å². The molecular weight excluding hydrogens is 264 g/mol. The van der Waals surface area contributed by atoms with E-state index in [0.29, 0.717) is 0 Å². The van der Waals surface area contributed by atoms with Crippen LogP contribution >= 0.6 is 0 Å². The lowest BCUT2D eigenvalue weighted by atomic mass is 10.1. The van der Waals surface area contributed by atoms with Gasteiger partial charge in [-0.25, -0.2) is 0 Å². The summed E-state index contributed by atoms with van der Waals surface area (Å²) in [5.74, 6) is 1.77. The van der Waals surface area contributed by atoms with E-state index in [4.69, 9.17) is 0 Å². The van der Waals surface area contributed by atoms with Crippen LogP contribution in [0.15, 0.2) is 0 Å². The lowest BCUT2D eigenvalue weighted by molar-refractivity contribution is 0.544. The maximum atomic E-state index is 2.28. The van der Waals surface area contributed by atoms with E-state index in [9.17, 15) is 0 Å². The topological polar surface area (TPSA) is 0 Å². The summed E-state index contributed by atoms with van der Waals surface area (Å²) >= 11 is 0. The summed E-state index contributed by atoms with van der Waals surface area (Å²) in [5.41, 5.74) is 0. The molecule has 0 rings (SSSR count). The fourth-order valence-corrected chi connectivity index (χ4v) is 0.642. The molecule has 0 aromatic rings. The van der Waals surface area contributed by atoms with Crippen molar-refractivity contribution < 1.29 is 0 Å². The van der Waals surface area contributed by atoms with Gasteiger partial charge in [0.15, 0.2) is 0 Å². The maximum Gasteiger partial charge on any atom is -0.0448 e. The SMILES string of the molecule is CC(C)C.CCC.CCC(C)CC.CCCC.CCCCC. The van der Waals surface area contributed by atoms with Crippen LogP contribution in [-0.4, -0.2) is 0 Å². The Morgan fingerprint density at radius 1 is 0.500 bits per heavy atom. The molecular formula is C22H54. The molecule has 0 aromatic carbocycles. The van der Waals surface area contributed by atoms with Gasteiger partial charge in [0.2, 0.25) is 0 Å². The molecule has 142 valence electrons. The fourth-order valence-electron chi connectivity index (χ4n) is 0.642. The minimum Gasteiger partial charge on any atom is -0.0656 e. The molecule has 22 heavy (non-hydrogen) atoms. The number of unbranched alkanes of at least 4 members (excludes halogenated alkanes) is 3. The van der Waals surface area contributed by atoms with Gasteiger partial charge < -0.3 is 0 Å². The minimum atomic E-state index is 0.833. The zero-order valence-electron chi connectivity index (χ0n) is 18.8. The summed E-state index contributed by atoms with van der Waals surface area (Å²) in [7, 11) is 0. The molecule has 0 saturated heterocycles. The molecule has 0 unspecified atom stereocenters. The molecule has 0 bridgehead atoms. The molecule has 0 nitrogen and oxygen atoms in total. The molecule has 0 heterocycles. The third-order valence-electron chi connectivity index (χ3n) is 2.60. The van der Waals surface area contributed by atoms with Crippen LogP contribution in [0.1, 0.15) is 134 Å². The second-order valence-corrected chi connectivity index (χ2v) is 6.71. The van der Waals surface area contributed by atoms with E-state index in [2.05, 4.69) is 83.1 Å². The van der Waals surface area contributed by atoms with Crippen molar-refractivity contribution in [2.45, 2.75) is 134 Å². The van der Waals surface area contributed by atoms with Crippen LogP contribution in [0.4, 0.5) is 0 Å². The van der Waals surface area contributed by atoms with Crippen LogP contribution in [0.2, 0.25) is 0 Å². The van der Waals surface area contributed by atoms with Crippen LogP contribution in [0.3, 0.4) is 0 Å². The Balaban J connectivity index is -0.0000000559. The highest BCUT2D eigenvalue weighted by Gasteiger charge is 1.88. The van der Waals surface area contributed by atoms with E-state index in [0.717, 1.165) is 11.8 Å². The summed E-state index contributed by atoms with van der Waals surface area (Å²) < 4.78 is 0. The first kappa shape index (κ1) is 33.6. The highest BCUT2D eigenvalue weighted by atomic mass is 13.9. The van der Waals surface area contributed by atoms with Gasteiger partial charge in [-0.2, -0.15) is 0 Å². The molecule has 0 amide bonds. The summed E-state index contributed by atoms with van der Waals surface area (Å²) in [6, 6.07) is 0. The zero-order valence-corrected chi connectivity index (χ0v) is 18.8. The second-order valence-electron chi connectivity index (χ2n) is 6.71. The second kappa shape index (κ2) is 42.9. The molecule has 0 atom stereocenters. The van der Waals surface area contributed by atoms with Gasteiger partial charge in [-0.3, -0.25) is 0 Å². The molecule has 0 spiro atoms. The van der Waals surface area contributed by atoms with Crippen LogP contribution in [-0.2, 0) is 0 Å². The Kier molecular flexibility index (Phi) is 65.4. The van der Waals surface area contributed by atoms with Crippen LogP contribution in [0, 0.1) is 11.8 Å². The van der Waals surface area contributed by atoms with E-state index in [1.165, 1.54) is 51.4 Å². The molecule has 0 aliphatic rings. The van der Waals surface area contributed by atoms with Crippen molar-refractivity contribution in [3.8, 4) is 0 Å². The summed E-state index contributed by atoms with van der Waals surface area (Å²) in [4.78, 5) is 0. The average molecular weight is 319 g/mol. The molecule has 0 N–H and O–H groups in total. The third-order valence-corrected chi connectivity index (χ3v) is 2.60. The minimum absolute atomic E-state index is 0.833.